The maximum absolute atomic E-state index is 12.6. The molecule has 0 bridgehead atoms. The van der Waals surface area contributed by atoms with Crippen molar-refractivity contribution in [1.82, 2.24) is 9.97 Å². The van der Waals surface area contributed by atoms with Crippen molar-refractivity contribution in [2.24, 2.45) is 0 Å². The van der Waals surface area contributed by atoms with E-state index in [2.05, 4.69) is 20.0 Å². The Morgan fingerprint density at radius 1 is 0.931 bits per heavy atom. The van der Waals surface area contributed by atoms with Crippen molar-refractivity contribution >= 4 is 33.0 Å². The summed E-state index contributed by atoms with van der Waals surface area (Å²) in [7, 11) is 0.210. The number of rotatable bonds is 7. The topological polar surface area (TPSA) is 87.2 Å². The van der Waals surface area contributed by atoms with Gasteiger partial charge in [0.25, 0.3) is 10.0 Å². The third-order valence-electron chi connectivity index (χ3n) is 4.33. The molecule has 0 saturated carbocycles. The molecule has 0 atom stereocenters. The van der Waals surface area contributed by atoms with Gasteiger partial charge in [0.1, 0.15) is 17.5 Å². The molecule has 0 radical (unpaired) electrons. The molecule has 3 aromatic rings. The van der Waals surface area contributed by atoms with Crippen LogP contribution >= 0.6 is 0 Å². The van der Waals surface area contributed by atoms with Gasteiger partial charge in [-0.2, -0.15) is 0 Å². The summed E-state index contributed by atoms with van der Waals surface area (Å²) in [6.07, 6.45) is 0.865. The minimum atomic E-state index is -3.63. The molecule has 152 valence electrons. The Bertz CT molecular complexity index is 1080. The van der Waals surface area contributed by atoms with Crippen LogP contribution in [0.1, 0.15) is 18.3 Å². The van der Waals surface area contributed by atoms with E-state index in [0.29, 0.717) is 17.3 Å². The van der Waals surface area contributed by atoms with Crippen LogP contribution in [0.4, 0.5) is 23.0 Å². The largest absolute Gasteiger partial charge is 0.363 e. The number of sulfonamides is 1. The highest BCUT2D eigenvalue weighted by Gasteiger charge is 2.14. The van der Waals surface area contributed by atoms with Crippen molar-refractivity contribution in [2.75, 3.05) is 29.0 Å². The first-order chi connectivity index (χ1) is 13.8. The van der Waals surface area contributed by atoms with E-state index in [1.165, 1.54) is 0 Å². The molecule has 7 nitrogen and oxygen atoms in total. The molecule has 1 heterocycles. The summed E-state index contributed by atoms with van der Waals surface area (Å²) in [6, 6.07) is 15.8. The number of nitrogens with one attached hydrogen (secondary N) is 2. The lowest BCUT2D eigenvalue weighted by atomic mass is 10.2. The molecular weight excluding hydrogens is 386 g/mol. The van der Waals surface area contributed by atoms with Gasteiger partial charge in [0, 0.05) is 31.5 Å². The van der Waals surface area contributed by atoms with Crippen molar-refractivity contribution in [1.29, 1.82) is 0 Å². The molecule has 0 amide bonds. The second-order valence-electron chi connectivity index (χ2n) is 6.86. The van der Waals surface area contributed by atoms with Crippen LogP contribution < -0.4 is 14.9 Å². The smallest absolute Gasteiger partial charge is 0.261 e. The Morgan fingerprint density at radius 2 is 1.55 bits per heavy atom. The average molecular weight is 412 g/mol. The number of aromatic nitrogens is 2. The van der Waals surface area contributed by atoms with Crippen molar-refractivity contribution in [2.45, 2.75) is 25.2 Å². The second kappa shape index (κ2) is 8.48. The molecule has 0 aliphatic carbocycles. The van der Waals surface area contributed by atoms with E-state index in [1.54, 1.807) is 36.4 Å². The van der Waals surface area contributed by atoms with Crippen LogP contribution in [0.3, 0.4) is 0 Å². The minimum Gasteiger partial charge on any atom is -0.363 e. The fourth-order valence-electron chi connectivity index (χ4n) is 2.73. The van der Waals surface area contributed by atoms with Crippen molar-refractivity contribution in [3.8, 4) is 0 Å². The van der Waals surface area contributed by atoms with E-state index < -0.39 is 10.0 Å². The predicted molar refractivity (Wildman–Crippen MR) is 117 cm³/mol. The number of hydrogen-bond donors (Lipinski definition) is 2. The summed E-state index contributed by atoms with van der Waals surface area (Å²) in [4.78, 5) is 10.9. The molecule has 1 aromatic heterocycles. The summed E-state index contributed by atoms with van der Waals surface area (Å²) in [5.41, 5.74) is 2.38. The first-order valence-corrected chi connectivity index (χ1v) is 10.8. The van der Waals surface area contributed by atoms with Gasteiger partial charge in [0.15, 0.2) is 0 Å². The van der Waals surface area contributed by atoms with Gasteiger partial charge >= 0.3 is 0 Å². The second-order valence-corrected chi connectivity index (χ2v) is 8.54. The molecule has 0 aliphatic rings. The van der Waals surface area contributed by atoms with Gasteiger partial charge < -0.3 is 10.2 Å². The Labute approximate surface area is 171 Å². The van der Waals surface area contributed by atoms with Crippen LogP contribution in [0, 0.1) is 6.92 Å². The minimum absolute atomic E-state index is 0.240. The number of benzene rings is 2. The number of aryl methyl sites for hydroxylation is 2. The third-order valence-corrected chi connectivity index (χ3v) is 5.73. The fourth-order valence-corrected chi connectivity index (χ4v) is 3.79. The molecule has 0 saturated heterocycles. The van der Waals surface area contributed by atoms with E-state index in [0.717, 1.165) is 23.5 Å². The molecule has 0 aliphatic heterocycles. The predicted octanol–water partition coefficient (Wildman–Crippen LogP) is 3.96. The summed E-state index contributed by atoms with van der Waals surface area (Å²) >= 11 is 0. The first-order valence-electron chi connectivity index (χ1n) is 9.28. The van der Waals surface area contributed by atoms with Gasteiger partial charge in [-0.25, -0.2) is 18.4 Å². The fraction of sp³-hybridized carbons (Fsp3) is 0.238. The number of nitrogens with zero attached hydrogens (tertiary/aromatic N) is 3. The van der Waals surface area contributed by atoms with E-state index in [-0.39, 0.29) is 4.90 Å². The Morgan fingerprint density at radius 3 is 2.14 bits per heavy atom. The zero-order valence-corrected chi connectivity index (χ0v) is 17.8. The van der Waals surface area contributed by atoms with Crippen LogP contribution in [0.5, 0.6) is 0 Å². The molecular formula is C21H25N5O2S. The summed E-state index contributed by atoms with van der Waals surface area (Å²) < 4.78 is 27.7. The zero-order chi connectivity index (χ0) is 21.0. The molecule has 29 heavy (non-hydrogen) atoms. The van der Waals surface area contributed by atoms with Crippen molar-refractivity contribution in [3.63, 3.8) is 0 Å². The highest BCUT2D eigenvalue weighted by atomic mass is 32.2. The lowest BCUT2D eigenvalue weighted by molar-refractivity contribution is 0.601. The van der Waals surface area contributed by atoms with Crippen LogP contribution in [-0.2, 0) is 16.4 Å². The normalized spacial score (nSPS) is 11.2. The molecule has 0 spiro atoms. The van der Waals surface area contributed by atoms with E-state index >= 15 is 0 Å². The van der Waals surface area contributed by atoms with E-state index in [1.807, 2.05) is 51.0 Å². The van der Waals surface area contributed by atoms with Gasteiger partial charge in [-0.05, 0) is 55.3 Å². The SMILES string of the molecule is CCc1ccc(S(=O)(=O)Nc2ccc(Nc3cc(N(C)C)nc(C)n3)cc2)cc1. The average Bonchev–Trinajstić information content (AvgIpc) is 2.69. The molecule has 0 unspecified atom stereocenters. The lowest BCUT2D eigenvalue weighted by Crippen LogP contribution is -2.13. The highest BCUT2D eigenvalue weighted by molar-refractivity contribution is 7.92. The van der Waals surface area contributed by atoms with Crippen molar-refractivity contribution < 1.29 is 8.42 Å². The Hall–Kier alpha value is -3.13. The number of hydrogen-bond acceptors (Lipinski definition) is 6. The first kappa shape index (κ1) is 20.6. The summed E-state index contributed by atoms with van der Waals surface area (Å²) in [6.45, 7) is 3.87. The van der Waals surface area contributed by atoms with Gasteiger partial charge in [-0.1, -0.05) is 19.1 Å². The quantitative estimate of drug-likeness (QED) is 0.612. The standard InChI is InChI=1S/C21H25N5O2S/c1-5-16-6-12-19(13-7-16)29(27,28)25-18-10-8-17(9-11-18)24-20-14-21(26(3)4)23-15(2)22-20/h6-14,25H,5H2,1-4H3,(H,22,23,24). The van der Waals surface area contributed by atoms with Crippen molar-refractivity contribution in [3.05, 3.63) is 66.0 Å². The third kappa shape index (κ3) is 5.23. The lowest BCUT2D eigenvalue weighted by Gasteiger charge is -2.14. The monoisotopic (exact) mass is 411 g/mol. The van der Waals surface area contributed by atoms with Crippen LogP contribution in [0.25, 0.3) is 0 Å². The van der Waals surface area contributed by atoms with Gasteiger partial charge in [-0.3, -0.25) is 4.72 Å². The maximum atomic E-state index is 12.6. The van der Waals surface area contributed by atoms with E-state index in [9.17, 15) is 8.42 Å². The molecule has 2 N–H and O–H groups in total. The van der Waals surface area contributed by atoms with Gasteiger partial charge in [0.05, 0.1) is 4.90 Å². The molecule has 8 heteroatoms. The van der Waals surface area contributed by atoms with E-state index in [4.69, 9.17) is 0 Å². The van der Waals surface area contributed by atoms with Crippen LogP contribution in [0.15, 0.2) is 59.5 Å². The highest BCUT2D eigenvalue weighted by Crippen LogP contribution is 2.22. The zero-order valence-electron chi connectivity index (χ0n) is 17.0. The van der Waals surface area contributed by atoms with Gasteiger partial charge in [-0.15, -0.1) is 0 Å². The molecule has 0 fully saturated rings. The summed E-state index contributed by atoms with van der Waals surface area (Å²) in [5, 5.41) is 3.22. The molecule has 2 aromatic carbocycles. The van der Waals surface area contributed by atoms with Gasteiger partial charge in [0.2, 0.25) is 0 Å². The maximum Gasteiger partial charge on any atom is 0.261 e. The number of anilines is 4. The summed E-state index contributed by atoms with van der Waals surface area (Å²) in [5.74, 6) is 2.14. The van der Waals surface area contributed by atoms with Crippen LogP contribution in [-0.4, -0.2) is 32.5 Å². The Balaban J connectivity index is 1.73. The molecule has 3 rings (SSSR count). The van der Waals surface area contributed by atoms with Crippen LogP contribution in [0.2, 0.25) is 0 Å². The Kier molecular flexibility index (Phi) is 6.03.